The Morgan fingerprint density at radius 2 is 0.765 bits per heavy atom. The fraction of sp³-hybridized carbons (Fsp3) is 1.00. The smallest absolute Gasteiger partial charge is 0.290 e. The largest absolute Gasteiger partial charge is 0.355 e. The molecule has 0 aromatic carbocycles. The first-order valence-corrected chi connectivity index (χ1v) is 12.9. The molecule has 0 saturated heterocycles. The molecule has 0 saturated carbocycles. The van der Waals surface area contributed by atoms with E-state index in [1.807, 2.05) is 0 Å². The van der Waals surface area contributed by atoms with E-state index >= 15 is 0 Å². The van der Waals surface area contributed by atoms with Gasteiger partial charge in [-0.05, 0) is 0 Å². The third-order valence-corrected chi connectivity index (χ3v) is 11.1. The number of hydrogen-bond donors (Lipinski definition) is 0. The summed E-state index contributed by atoms with van der Waals surface area (Å²) >= 11 is 8.05. The van der Waals surface area contributed by atoms with E-state index in [0.29, 0.717) is 24.2 Å². The summed E-state index contributed by atoms with van der Waals surface area (Å²) in [7, 11) is 0. The molecule has 0 aliphatic carbocycles. The molecule has 0 aromatic rings. The second-order valence-corrected chi connectivity index (χ2v) is 17.6. The van der Waals surface area contributed by atoms with Crippen LogP contribution in [0.25, 0.3) is 0 Å². The van der Waals surface area contributed by atoms with E-state index in [1.54, 1.807) is 0 Å². The van der Waals surface area contributed by atoms with Crippen molar-refractivity contribution >= 4 is 36.2 Å². The van der Waals surface area contributed by atoms with Crippen molar-refractivity contribution in [3.63, 3.8) is 0 Å². The molecule has 17 heavy (non-hydrogen) atoms. The van der Waals surface area contributed by atoms with Crippen molar-refractivity contribution in [2.75, 3.05) is 0 Å². The van der Waals surface area contributed by atoms with E-state index in [9.17, 15) is 0 Å². The van der Waals surface area contributed by atoms with Gasteiger partial charge in [-0.25, -0.2) is 0 Å². The lowest BCUT2D eigenvalue weighted by atomic mass is 10.3. The maximum Gasteiger partial charge on any atom is 0.355 e. The van der Waals surface area contributed by atoms with Crippen molar-refractivity contribution in [3.8, 4) is 0 Å². The highest BCUT2D eigenvalue weighted by Crippen LogP contribution is 2.35. The van der Waals surface area contributed by atoms with Crippen molar-refractivity contribution in [2.45, 2.75) is 79.6 Å². The van der Waals surface area contributed by atoms with Gasteiger partial charge >= 0.3 is 5.64 Å². The van der Waals surface area contributed by atoms with Crippen LogP contribution in [0.5, 0.6) is 0 Å². The SMILES string of the molecule is CC(C)N(C(C)C)[Si](Br)(Br)N(C(C)C)C(C)C. The fourth-order valence-corrected chi connectivity index (χ4v) is 15.1. The van der Waals surface area contributed by atoms with Gasteiger partial charge in [0, 0.05) is 24.2 Å². The van der Waals surface area contributed by atoms with Crippen LogP contribution < -0.4 is 0 Å². The van der Waals surface area contributed by atoms with Crippen LogP contribution in [0.3, 0.4) is 0 Å². The average molecular weight is 388 g/mol. The Bertz CT molecular complexity index is 193. The van der Waals surface area contributed by atoms with Gasteiger partial charge in [-0.2, -0.15) is 0 Å². The van der Waals surface area contributed by atoms with Crippen molar-refractivity contribution < 1.29 is 0 Å². The van der Waals surface area contributed by atoms with E-state index in [2.05, 4.69) is 95.1 Å². The summed E-state index contributed by atoms with van der Waals surface area (Å²) in [5.41, 5.74) is -1.92. The van der Waals surface area contributed by atoms with Crippen LogP contribution in [0.4, 0.5) is 0 Å². The Morgan fingerprint density at radius 1 is 0.588 bits per heavy atom. The quantitative estimate of drug-likeness (QED) is 0.490. The lowest BCUT2D eigenvalue weighted by Crippen LogP contribution is -2.65. The van der Waals surface area contributed by atoms with Gasteiger partial charge in [0.1, 0.15) is 0 Å². The third-order valence-electron chi connectivity index (χ3n) is 2.85. The van der Waals surface area contributed by atoms with Crippen LogP contribution in [-0.2, 0) is 0 Å². The van der Waals surface area contributed by atoms with Crippen LogP contribution >= 0.6 is 30.6 Å². The molecule has 0 aromatic heterocycles. The second-order valence-electron chi connectivity index (χ2n) is 5.70. The molecule has 2 nitrogen and oxygen atoms in total. The Hall–Kier alpha value is 1.10. The molecule has 0 radical (unpaired) electrons. The van der Waals surface area contributed by atoms with Gasteiger partial charge in [0.15, 0.2) is 0 Å². The minimum absolute atomic E-state index is 0.528. The molecule has 0 N–H and O–H groups in total. The van der Waals surface area contributed by atoms with Gasteiger partial charge in [-0.15, -0.1) is 0 Å². The zero-order valence-corrected chi connectivity index (χ0v) is 16.6. The Morgan fingerprint density at radius 3 is 0.882 bits per heavy atom. The predicted octanol–water partition coefficient (Wildman–Crippen LogP) is 4.45. The number of hydrogen-bond acceptors (Lipinski definition) is 2. The second kappa shape index (κ2) is 7.03. The normalized spacial score (nSPS) is 14.1. The van der Waals surface area contributed by atoms with Crippen molar-refractivity contribution in [3.05, 3.63) is 0 Å². The molecule has 0 heterocycles. The van der Waals surface area contributed by atoms with Crippen molar-refractivity contribution in [1.29, 1.82) is 0 Å². The van der Waals surface area contributed by atoms with E-state index in [4.69, 9.17) is 0 Å². The molecule has 0 rings (SSSR count). The molecule has 104 valence electrons. The highest BCUT2D eigenvalue weighted by Gasteiger charge is 2.46. The molecule has 5 heteroatoms. The van der Waals surface area contributed by atoms with Gasteiger partial charge in [0.25, 0.3) is 0 Å². The highest BCUT2D eigenvalue weighted by molar-refractivity contribution is 9.50. The minimum atomic E-state index is -1.92. The molecule has 0 aliphatic rings. The molecule has 0 amide bonds. The summed E-state index contributed by atoms with van der Waals surface area (Å²) in [5, 5.41) is 0. The topological polar surface area (TPSA) is 6.48 Å². The first-order chi connectivity index (χ1) is 7.53. The zero-order chi connectivity index (χ0) is 14.0. The lowest BCUT2D eigenvalue weighted by Gasteiger charge is -2.48. The zero-order valence-electron chi connectivity index (χ0n) is 12.5. The number of rotatable bonds is 6. The monoisotopic (exact) mass is 386 g/mol. The molecule has 0 atom stereocenters. The predicted molar refractivity (Wildman–Crippen MR) is 87.8 cm³/mol. The van der Waals surface area contributed by atoms with Crippen molar-refractivity contribution in [2.24, 2.45) is 0 Å². The molecule has 0 aliphatic heterocycles. The summed E-state index contributed by atoms with van der Waals surface area (Å²) in [4.78, 5) is 0. The highest BCUT2D eigenvalue weighted by atomic mass is 79.9. The Labute approximate surface area is 124 Å². The standard InChI is InChI=1S/C12H28Br2N2Si/c1-9(2)15(10(3)4)17(13,14)16(11(5)6)12(7)8/h9-12H,1-8H3. The average Bonchev–Trinajstić information content (AvgIpc) is 1.96. The van der Waals surface area contributed by atoms with Crippen LogP contribution in [0.1, 0.15) is 55.4 Å². The summed E-state index contributed by atoms with van der Waals surface area (Å²) in [6.45, 7) is 18.1. The maximum absolute atomic E-state index is 4.02. The van der Waals surface area contributed by atoms with Gasteiger partial charge < -0.3 is 0 Å². The van der Waals surface area contributed by atoms with Crippen molar-refractivity contribution in [1.82, 2.24) is 9.13 Å². The molecule has 0 unspecified atom stereocenters. The fourth-order valence-electron chi connectivity index (χ4n) is 2.57. The van der Waals surface area contributed by atoms with Crippen LogP contribution in [0.2, 0.25) is 0 Å². The van der Waals surface area contributed by atoms with E-state index in [0.717, 1.165) is 0 Å². The Kier molecular flexibility index (Phi) is 7.49. The minimum Gasteiger partial charge on any atom is -0.290 e. The third kappa shape index (κ3) is 4.60. The van der Waals surface area contributed by atoms with Crippen LogP contribution in [-0.4, -0.2) is 38.9 Å². The molecule has 0 fully saturated rings. The number of halogens is 2. The molecule has 0 bridgehead atoms. The number of nitrogens with zero attached hydrogens (tertiary/aromatic N) is 2. The first kappa shape index (κ1) is 18.1. The summed E-state index contributed by atoms with van der Waals surface area (Å²) in [6, 6.07) is 2.11. The van der Waals surface area contributed by atoms with Gasteiger partial charge in [-0.1, -0.05) is 86.0 Å². The van der Waals surface area contributed by atoms with E-state index in [1.165, 1.54) is 0 Å². The van der Waals surface area contributed by atoms with E-state index < -0.39 is 5.64 Å². The van der Waals surface area contributed by atoms with Gasteiger partial charge in [-0.3, -0.25) is 9.13 Å². The van der Waals surface area contributed by atoms with Crippen LogP contribution in [0, 0.1) is 0 Å². The molecule has 0 spiro atoms. The summed E-state index contributed by atoms with van der Waals surface area (Å²) in [6.07, 6.45) is 0. The summed E-state index contributed by atoms with van der Waals surface area (Å²) < 4.78 is 5.15. The molecular formula is C12H28Br2N2Si. The lowest BCUT2D eigenvalue weighted by molar-refractivity contribution is 0.230. The molecular weight excluding hydrogens is 360 g/mol. The Balaban J connectivity index is 5.30. The summed E-state index contributed by atoms with van der Waals surface area (Å²) in [5.74, 6) is 0. The van der Waals surface area contributed by atoms with Crippen LogP contribution in [0.15, 0.2) is 0 Å². The maximum atomic E-state index is 4.02. The van der Waals surface area contributed by atoms with Gasteiger partial charge in [0.05, 0.1) is 0 Å². The van der Waals surface area contributed by atoms with E-state index in [-0.39, 0.29) is 0 Å². The first-order valence-electron chi connectivity index (χ1n) is 6.48. The van der Waals surface area contributed by atoms with Gasteiger partial charge in [0.2, 0.25) is 0 Å².